The lowest BCUT2D eigenvalue weighted by molar-refractivity contribution is -0.194. The molecule has 4 rings (SSSR count). The van der Waals surface area contributed by atoms with Gasteiger partial charge in [0.15, 0.2) is 11.6 Å². The summed E-state index contributed by atoms with van der Waals surface area (Å²) in [5.74, 6) is 0.939. The zero-order chi connectivity index (χ0) is 15.7. The maximum atomic E-state index is 5.95. The minimum absolute atomic E-state index is 0.201. The Balaban J connectivity index is 1.36. The van der Waals surface area contributed by atoms with Crippen LogP contribution >= 0.6 is 0 Å². The van der Waals surface area contributed by atoms with Crippen molar-refractivity contribution in [3.8, 4) is 11.5 Å². The highest BCUT2D eigenvalue weighted by Crippen LogP contribution is 2.34. The van der Waals surface area contributed by atoms with Gasteiger partial charge < -0.3 is 14.0 Å². The fraction of sp³-hybridized carbons (Fsp3) is 0.529. The van der Waals surface area contributed by atoms with E-state index < -0.39 is 0 Å². The number of piperidine rings is 1. The van der Waals surface area contributed by atoms with E-state index in [9.17, 15) is 0 Å². The molecule has 1 atom stereocenters. The number of likely N-dealkylation sites (tertiary alicyclic amines) is 1. The van der Waals surface area contributed by atoms with Crippen LogP contribution in [0.5, 0.6) is 0 Å². The van der Waals surface area contributed by atoms with Gasteiger partial charge in [-0.3, -0.25) is 4.90 Å². The molecule has 6 heteroatoms. The van der Waals surface area contributed by atoms with Gasteiger partial charge in [0, 0.05) is 31.5 Å². The van der Waals surface area contributed by atoms with Crippen LogP contribution < -0.4 is 0 Å². The first-order chi connectivity index (χ1) is 11.2. The van der Waals surface area contributed by atoms with Gasteiger partial charge in [-0.15, -0.1) is 0 Å². The van der Waals surface area contributed by atoms with Crippen LogP contribution in [0.15, 0.2) is 34.9 Å². The van der Waals surface area contributed by atoms with Gasteiger partial charge in [0.1, 0.15) is 0 Å². The molecule has 1 aromatic heterocycles. The van der Waals surface area contributed by atoms with Gasteiger partial charge >= 0.3 is 0 Å². The van der Waals surface area contributed by atoms with E-state index in [0.717, 1.165) is 37.3 Å². The molecule has 0 saturated carbocycles. The number of hydrogen-bond donors (Lipinski definition) is 0. The van der Waals surface area contributed by atoms with E-state index in [1.54, 1.807) is 0 Å². The fourth-order valence-electron chi connectivity index (χ4n) is 3.23. The summed E-state index contributed by atoms with van der Waals surface area (Å²) in [6.07, 6.45) is 1.98. The average molecular weight is 315 g/mol. The van der Waals surface area contributed by atoms with Crippen molar-refractivity contribution in [1.82, 2.24) is 15.0 Å². The largest absolute Gasteiger partial charge is 0.347 e. The van der Waals surface area contributed by atoms with Crippen LogP contribution in [0.25, 0.3) is 11.5 Å². The van der Waals surface area contributed by atoms with Crippen LogP contribution in [0, 0.1) is 0 Å². The lowest BCUT2D eigenvalue weighted by atomic mass is 10.0. The lowest BCUT2D eigenvalue weighted by Crippen LogP contribution is -2.45. The molecule has 2 saturated heterocycles. The van der Waals surface area contributed by atoms with Crippen molar-refractivity contribution in [2.45, 2.75) is 38.2 Å². The van der Waals surface area contributed by atoms with Crippen LogP contribution in [0.1, 0.15) is 25.6 Å². The summed E-state index contributed by atoms with van der Waals surface area (Å²) in [7, 11) is 0. The van der Waals surface area contributed by atoms with Crippen molar-refractivity contribution < 1.29 is 14.0 Å². The van der Waals surface area contributed by atoms with E-state index in [0.29, 0.717) is 19.0 Å². The summed E-state index contributed by atoms with van der Waals surface area (Å²) >= 11 is 0. The monoisotopic (exact) mass is 315 g/mol. The number of rotatable bonds is 3. The first kappa shape index (κ1) is 14.8. The van der Waals surface area contributed by atoms with Crippen molar-refractivity contribution in [3.05, 3.63) is 36.2 Å². The highest BCUT2D eigenvalue weighted by molar-refractivity contribution is 5.51. The Morgan fingerprint density at radius 1 is 1.22 bits per heavy atom. The summed E-state index contributed by atoms with van der Waals surface area (Å²) in [4.78, 5) is 6.81. The third kappa shape index (κ3) is 3.15. The second-order valence-corrected chi connectivity index (χ2v) is 6.31. The Labute approximate surface area is 135 Å². The molecule has 0 unspecified atom stereocenters. The zero-order valence-corrected chi connectivity index (χ0v) is 13.3. The van der Waals surface area contributed by atoms with Crippen LogP contribution in [-0.2, 0) is 16.0 Å². The maximum Gasteiger partial charge on any atom is 0.257 e. The number of hydrogen-bond acceptors (Lipinski definition) is 6. The smallest absolute Gasteiger partial charge is 0.257 e. The van der Waals surface area contributed by atoms with Gasteiger partial charge in [0.05, 0.1) is 19.3 Å². The van der Waals surface area contributed by atoms with Gasteiger partial charge in [-0.25, -0.2) is 0 Å². The highest BCUT2D eigenvalue weighted by atomic mass is 16.7. The average Bonchev–Trinajstić information content (AvgIpc) is 3.18. The molecule has 2 aliphatic heterocycles. The molecule has 0 bridgehead atoms. The SMILES string of the molecule is C[C@@H]1COC2(CCN(Cc3noc(-c4ccccc4)n3)CC2)O1. The molecule has 0 amide bonds. The first-order valence-corrected chi connectivity index (χ1v) is 8.15. The standard InChI is InChI=1S/C17H21N3O3/c1-13-12-21-17(22-13)7-9-20(10-8-17)11-15-18-16(23-19-15)14-5-3-2-4-6-14/h2-6,13H,7-12H2,1H3/t13-/m1/s1. The Morgan fingerprint density at radius 3 is 2.70 bits per heavy atom. The molecular formula is C17H21N3O3. The van der Waals surface area contributed by atoms with Crippen LogP contribution in [0.4, 0.5) is 0 Å². The van der Waals surface area contributed by atoms with Gasteiger partial charge in [0.2, 0.25) is 0 Å². The molecule has 0 aliphatic carbocycles. The fourth-order valence-corrected chi connectivity index (χ4v) is 3.23. The number of benzene rings is 1. The second-order valence-electron chi connectivity index (χ2n) is 6.31. The van der Waals surface area contributed by atoms with Crippen LogP contribution in [0.2, 0.25) is 0 Å². The van der Waals surface area contributed by atoms with E-state index in [-0.39, 0.29) is 11.9 Å². The summed E-state index contributed by atoms with van der Waals surface area (Å²) in [6.45, 7) is 5.29. The predicted octanol–water partition coefficient (Wildman–Crippen LogP) is 2.46. The van der Waals surface area contributed by atoms with E-state index in [1.165, 1.54) is 0 Å². The Hall–Kier alpha value is -1.76. The Kier molecular flexibility index (Phi) is 3.88. The normalized spacial score (nSPS) is 24.3. The van der Waals surface area contributed by atoms with Crippen LogP contribution in [0.3, 0.4) is 0 Å². The molecule has 2 fully saturated rings. The highest BCUT2D eigenvalue weighted by Gasteiger charge is 2.42. The summed E-state index contributed by atoms with van der Waals surface area (Å²) in [5, 5.41) is 4.10. The third-order valence-corrected chi connectivity index (χ3v) is 4.47. The van der Waals surface area contributed by atoms with E-state index in [1.807, 2.05) is 30.3 Å². The van der Waals surface area contributed by atoms with Crippen molar-refractivity contribution in [2.24, 2.45) is 0 Å². The summed E-state index contributed by atoms with van der Waals surface area (Å²) in [6, 6.07) is 9.84. The molecule has 1 spiro atoms. The maximum absolute atomic E-state index is 5.95. The molecule has 2 aliphatic rings. The summed E-state index contributed by atoms with van der Waals surface area (Å²) < 4.78 is 17.2. The van der Waals surface area contributed by atoms with Gasteiger partial charge in [-0.05, 0) is 19.1 Å². The van der Waals surface area contributed by atoms with Crippen molar-refractivity contribution in [2.75, 3.05) is 19.7 Å². The molecule has 122 valence electrons. The second kappa shape index (κ2) is 6.03. The molecule has 2 aromatic rings. The minimum Gasteiger partial charge on any atom is -0.347 e. The molecule has 0 radical (unpaired) electrons. The zero-order valence-electron chi connectivity index (χ0n) is 13.3. The Bertz CT molecular complexity index is 650. The first-order valence-electron chi connectivity index (χ1n) is 8.15. The molecule has 3 heterocycles. The van der Waals surface area contributed by atoms with Gasteiger partial charge in [0.25, 0.3) is 5.89 Å². The van der Waals surface area contributed by atoms with Gasteiger partial charge in [-0.1, -0.05) is 23.4 Å². The van der Waals surface area contributed by atoms with E-state index >= 15 is 0 Å². The molecular weight excluding hydrogens is 294 g/mol. The lowest BCUT2D eigenvalue weighted by Gasteiger charge is -2.37. The van der Waals surface area contributed by atoms with E-state index in [4.69, 9.17) is 14.0 Å². The quantitative estimate of drug-likeness (QED) is 0.867. The predicted molar refractivity (Wildman–Crippen MR) is 83.5 cm³/mol. The molecule has 1 aromatic carbocycles. The van der Waals surface area contributed by atoms with Gasteiger partial charge in [-0.2, -0.15) is 4.98 Å². The number of ether oxygens (including phenoxy) is 2. The van der Waals surface area contributed by atoms with Crippen LogP contribution in [-0.4, -0.2) is 46.6 Å². The third-order valence-electron chi connectivity index (χ3n) is 4.47. The molecule has 6 nitrogen and oxygen atoms in total. The Morgan fingerprint density at radius 2 is 2.00 bits per heavy atom. The topological polar surface area (TPSA) is 60.6 Å². The minimum atomic E-state index is -0.359. The van der Waals surface area contributed by atoms with Crippen molar-refractivity contribution in [1.29, 1.82) is 0 Å². The van der Waals surface area contributed by atoms with Crippen molar-refractivity contribution in [3.63, 3.8) is 0 Å². The van der Waals surface area contributed by atoms with Crippen molar-refractivity contribution >= 4 is 0 Å². The molecule has 23 heavy (non-hydrogen) atoms. The summed E-state index contributed by atoms with van der Waals surface area (Å²) in [5.41, 5.74) is 0.950. The number of aromatic nitrogens is 2. The van der Waals surface area contributed by atoms with E-state index in [2.05, 4.69) is 22.0 Å². The number of nitrogens with zero attached hydrogens (tertiary/aromatic N) is 3. The molecule has 0 N–H and O–H groups in total.